The quantitative estimate of drug-likeness (QED) is 0.910. The van der Waals surface area contributed by atoms with Crippen molar-refractivity contribution in [3.8, 4) is 0 Å². The van der Waals surface area contributed by atoms with E-state index in [9.17, 15) is 4.79 Å². The molecule has 2 aromatic rings. The van der Waals surface area contributed by atoms with Crippen molar-refractivity contribution >= 4 is 11.7 Å². The summed E-state index contributed by atoms with van der Waals surface area (Å²) in [6.07, 6.45) is 0.710. The van der Waals surface area contributed by atoms with Crippen LogP contribution in [0.5, 0.6) is 0 Å². The highest BCUT2D eigenvalue weighted by Crippen LogP contribution is 2.29. The van der Waals surface area contributed by atoms with Gasteiger partial charge < -0.3 is 15.8 Å². The van der Waals surface area contributed by atoms with Gasteiger partial charge in [-0.25, -0.2) is 4.98 Å². The van der Waals surface area contributed by atoms with Crippen molar-refractivity contribution in [2.75, 3.05) is 5.32 Å². The van der Waals surface area contributed by atoms with E-state index in [4.69, 9.17) is 10.5 Å². The number of nitrogens with two attached hydrogens (primary N) is 1. The minimum Gasteiger partial charge on any atom is -0.370 e. The Kier molecular flexibility index (Phi) is 4.05. The van der Waals surface area contributed by atoms with Gasteiger partial charge >= 0.3 is 0 Å². The number of nitrogens with one attached hydrogen (secondary N) is 1. The molecule has 120 valence electrons. The predicted molar refractivity (Wildman–Crippen MR) is 89.1 cm³/mol. The summed E-state index contributed by atoms with van der Waals surface area (Å²) < 4.78 is 5.78. The van der Waals surface area contributed by atoms with Crippen LogP contribution in [0.25, 0.3) is 0 Å². The van der Waals surface area contributed by atoms with Crippen molar-refractivity contribution in [3.05, 3.63) is 58.8 Å². The standard InChI is InChI=1S/C18H21N3O2/c1-18(2)9-15-13(11-23-18)8-14(16(19)22)17(21-15)20-10-12-6-4-3-5-7-12/h3-8H,9-11H2,1-2H3,(H2,19,22)(H,20,21). The van der Waals surface area contributed by atoms with Crippen molar-refractivity contribution in [1.29, 1.82) is 0 Å². The topological polar surface area (TPSA) is 77.2 Å². The van der Waals surface area contributed by atoms with E-state index in [1.807, 2.05) is 44.2 Å². The van der Waals surface area contributed by atoms with E-state index in [0.717, 1.165) is 16.8 Å². The van der Waals surface area contributed by atoms with Crippen LogP contribution < -0.4 is 11.1 Å². The number of carbonyl (C=O) groups excluding carboxylic acids is 1. The molecule has 0 atom stereocenters. The van der Waals surface area contributed by atoms with Crippen LogP contribution >= 0.6 is 0 Å². The van der Waals surface area contributed by atoms with Gasteiger partial charge in [-0.2, -0.15) is 0 Å². The number of aromatic nitrogens is 1. The number of nitrogens with zero attached hydrogens (tertiary/aromatic N) is 1. The maximum absolute atomic E-state index is 11.7. The Labute approximate surface area is 135 Å². The highest BCUT2D eigenvalue weighted by atomic mass is 16.5. The molecule has 5 heteroatoms. The molecule has 3 N–H and O–H groups in total. The summed E-state index contributed by atoms with van der Waals surface area (Å²) in [5, 5.41) is 3.24. The van der Waals surface area contributed by atoms with Gasteiger partial charge in [-0.15, -0.1) is 0 Å². The molecule has 0 saturated carbocycles. The third-order valence-corrected chi connectivity index (χ3v) is 3.97. The molecule has 0 unspecified atom stereocenters. The second-order valence-electron chi connectivity index (χ2n) is 6.42. The number of ether oxygens (including phenoxy) is 1. The van der Waals surface area contributed by atoms with E-state index in [0.29, 0.717) is 31.0 Å². The first-order chi connectivity index (χ1) is 10.9. The molecule has 1 aliphatic heterocycles. The highest BCUT2D eigenvalue weighted by molar-refractivity contribution is 5.97. The second kappa shape index (κ2) is 6.01. The zero-order valence-corrected chi connectivity index (χ0v) is 13.4. The first kappa shape index (κ1) is 15.5. The summed E-state index contributed by atoms with van der Waals surface area (Å²) in [7, 11) is 0. The average molecular weight is 311 g/mol. The van der Waals surface area contributed by atoms with E-state index >= 15 is 0 Å². The molecule has 1 amide bonds. The van der Waals surface area contributed by atoms with Crippen LogP contribution in [-0.4, -0.2) is 16.5 Å². The van der Waals surface area contributed by atoms with Crippen molar-refractivity contribution in [3.63, 3.8) is 0 Å². The van der Waals surface area contributed by atoms with Crippen LogP contribution in [0.3, 0.4) is 0 Å². The molecule has 3 rings (SSSR count). The Bertz CT molecular complexity index is 727. The van der Waals surface area contributed by atoms with Crippen LogP contribution in [0.4, 0.5) is 5.82 Å². The second-order valence-corrected chi connectivity index (χ2v) is 6.42. The summed E-state index contributed by atoms with van der Waals surface area (Å²) in [6.45, 7) is 5.12. The first-order valence-corrected chi connectivity index (χ1v) is 7.69. The van der Waals surface area contributed by atoms with Crippen molar-refractivity contribution in [2.24, 2.45) is 5.73 Å². The number of fused-ring (bicyclic) bond motifs is 1. The van der Waals surface area contributed by atoms with Gasteiger partial charge in [0.2, 0.25) is 0 Å². The van der Waals surface area contributed by atoms with Gasteiger partial charge in [-0.1, -0.05) is 30.3 Å². The number of rotatable bonds is 4. The highest BCUT2D eigenvalue weighted by Gasteiger charge is 2.28. The Morgan fingerprint density at radius 3 is 2.78 bits per heavy atom. The molecule has 23 heavy (non-hydrogen) atoms. The Hall–Kier alpha value is -2.40. The molecule has 0 fully saturated rings. The minimum atomic E-state index is -0.485. The third-order valence-electron chi connectivity index (χ3n) is 3.97. The number of amides is 1. The predicted octanol–water partition coefficient (Wildman–Crippen LogP) is 2.64. The van der Waals surface area contributed by atoms with Crippen molar-refractivity contribution < 1.29 is 9.53 Å². The molecule has 0 spiro atoms. The number of primary amides is 1. The Morgan fingerprint density at radius 1 is 1.35 bits per heavy atom. The molecule has 2 heterocycles. The lowest BCUT2D eigenvalue weighted by atomic mass is 9.95. The number of hydrogen-bond acceptors (Lipinski definition) is 4. The molecule has 1 aliphatic rings. The maximum Gasteiger partial charge on any atom is 0.252 e. The lowest BCUT2D eigenvalue weighted by Gasteiger charge is -2.31. The fourth-order valence-electron chi connectivity index (χ4n) is 2.70. The Morgan fingerprint density at radius 2 is 2.09 bits per heavy atom. The van der Waals surface area contributed by atoms with E-state index < -0.39 is 5.91 Å². The summed E-state index contributed by atoms with van der Waals surface area (Å²) in [5.41, 5.74) is 8.68. The average Bonchev–Trinajstić information content (AvgIpc) is 2.52. The van der Waals surface area contributed by atoms with Crippen LogP contribution in [0.2, 0.25) is 0 Å². The van der Waals surface area contributed by atoms with Gasteiger partial charge in [0, 0.05) is 18.5 Å². The minimum absolute atomic E-state index is 0.245. The molecule has 0 aliphatic carbocycles. The monoisotopic (exact) mass is 311 g/mol. The zero-order chi connectivity index (χ0) is 16.4. The molecule has 5 nitrogen and oxygen atoms in total. The van der Waals surface area contributed by atoms with Gasteiger partial charge in [-0.3, -0.25) is 4.79 Å². The van der Waals surface area contributed by atoms with E-state index in [-0.39, 0.29) is 5.60 Å². The molecule has 0 radical (unpaired) electrons. The smallest absolute Gasteiger partial charge is 0.252 e. The molecule has 0 bridgehead atoms. The van der Waals surface area contributed by atoms with Crippen LogP contribution in [0, 0.1) is 0 Å². The van der Waals surface area contributed by atoms with Gasteiger partial charge in [0.25, 0.3) is 5.91 Å². The van der Waals surface area contributed by atoms with Gasteiger partial charge in [0.1, 0.15) is 5.82 Å². The molecular weight excluding hydrogens is 290 g/mol. The fraction of sp³-hybridized carbons (Fsp3) is 0.333. The van der Waals surface area contributed by atoms with E-state index in [1.165, 1.54) is 0 Å². The van der Waals surface area contributed by atoms with Gasteiger partial charge in [0.05, 0.1) is 23.5 Å². The number of carbonyl (C=O) groups is 1. The summed E-state index contributed by atoms with van der Waals surface area (Å²) in [6, 6.07) is 11.8. The largest absolute Gasteiger partial charge is 0.370 e. The SMILES string of the molecule is CC1(C)Cc2nc(NCc3ccccc3)c(C(N)=O)cc2CO1. The lowest BCUT2D eigenvalue weighted by molar-refractivity contribution is -0.0412. The fourth-order valence-corrected chi connectivity index (χ4v) is 2.70. The van der Waals surface area contributed by atoms with E-state index in [1.54, 1.807) is 6.07 Å². The number of benzene rings is 1. The van der Waals surface area contributed by atoms with Crippen molar-refractivity contribution in [2.45, 2.75) is 39.0 Å². The maximum atomic E-state index is 11.7. The van der Waals surface area contributed by atoms with Gasteiger partial charge in [-0.05, 0) is 25.5 Å². The Balaban J connectivity index is 1.90. The number of hydrogen-bond donors (Lipinski definition) is 2. The number of anilines is 1. The van der Waals surface area contributed by atoms with Crippen LogP contribution in [0.15, 0.2) is 36.4 Å². The summed E-state index contributed by atoms with van der Waals surface area (Å²) in [4.78, 5) is 16.4. The summed E-state index contributed by atoms with van der Waals surface area (Å²) >= 11 is 0. The molecule has 1 aromatic carbocycles. The lowest BCUT2D eigenvalue weighted by Crippen LogP contribution is -2.33. The molecule has 0 saturated heterocycles. The molecular formula is C18H21N3O2. The first-order valence-electron chi connectivity index (χ1n) is 7.69. The van der Waals surface area contributed by atoms with Crippen LogP contribution in [-0.2, 0) is 24.3 Å². The van der Waals surface area contributed by atoms with Crippen molar-refractivity contribution in [1.82, 2.24) is 4.98 Å². The third kappa shape index (κ3) is 3.51. The zero-order valence-electron chi connectivity index (χ0n) is 13.4. The van der Waals surface area contributed by atoms with Gasteiger partial charge in [0.15, 0.2) is 0 Å². The van der Waals surface area contributed by atoms with Crippen LogP contribution in [0.1, 0.15) is 41.0 Å². The summed E-state index contributed by atoms with van der Waals surface area (Å²) in [5.74, 6) is 0.0542. The van der Waals surface area contributed by atoms with E-state index in [2.05, 4.69) is 10.3 Å². The molecule has 1 aromatic heterocycles. The number of pyridine rings is 1. The normalized spacial score (nSPS) is 15.7.